The number of carbonyl (C=O) groups is 1. The summed E-state index contributed by atoms with van der Waals surface area (Å²) < 4.78 is 33.5. The largest absolute Gasteiger partial charge is 0.494 e. The normalized spacial score (nSPS) is 10.9. The van der Waals surface area contributed by atoms with Gasteiger partial charge < -0.3 is 19.8 Å². The summed E-state index contributed by atoms with van der Waals surface area (Å²) in [4.78, 5) is 14.0. The Bertz CT molecular complexity index is 818. The van der Waals surface area contributed by atoms with Crippen molar-refractivity contribution in [2.45, 2.75) is 17.9 Å². The van der Waals surface area contributed by atoms with Gasteiger partial charge in [-0.25, -0.2) is 8.42 Å². The molecule has 0 saturated carbocycles. The van der Waals surface area contributed by atoms with Gasteiger partial charge in [-0.15, -0.1) is 12.4 Å². The quantitative estimate of drug-likeness (QED) is 0.678. The van der Waals surface area contributed by atoms with Crippen molar-refractivity contribution in [1.29, 1.82) is 0 Å². The van der Waals surface area contributed by atoms with E-state index in [0.29, 0.717) is 36.6 Å². The highest BCUT2D eigenvalue weighted by atomic mass is 35.5. The van der Waals surface area contributed by atoms with Crippen molar-refractivity contribution < 1.29 is 22.4 Å². The molecular weight excluding hydrogens is 380 g/mol. The second-order valence-electron chi connectivity index (χ2n) is 5.68. The summed E-state index contributed by atoms with van der Waals surface area (Å²) in [5, 5.41) is 0. The number of halogens is 1. The minimum absolute atomic E-state index is 0. The van der Waals surface area contributed by atoms with E-state index in [2.05, 4.69) is 0 Å². The Morgan fingerprint density at radius 1 is 1.27 bits per heavy atom. The molecule has 0 fully saturated rings. The molecule has 2 rings (SSSR count). The van der Waals surface area contributed by atoms with Gasteiger partial charge >= 0.3 is 0 Å². The first-order chi connectivity index (χ1) is 11.8. The first-order valence-electron chi connectivity index (χ1n) is 7.77. The topological polar surface area (TPSA) is 103 Å². The first-order valence-corrected chi connectivity index (χ1v) is 9.66. The monoisotopic (exact) mass is 402 g/mol. The molecule has 0 atom stereocenters. The zero-order valence-electron chi connectivity index (χ0n) is 14.7. The van der Waals surface area contributed by atoms with Crippen molar-refractivity contribution in [3.63, 3.8) is 0 Å². The fourth-order valence-corrected chi connectivity index (χ4v) is 2.83. The molecule has 0 aliphatic carbocycles. The number of hydrogen-bond acceptors (Lipinski definition) is 6. The average Bonchev–Trinajstić information content (AvgIpc) is 3.06. The van der Waals surface area contributed by atoms with Crippen molar-refractivity contribution in [2.24, 2.45) is 5.73 Å². The molecule has 0 radical (unpaired) electrons. The summed E-state index contributed by atoms with van der Waals surface area (Å²) in [5.74, 6) is 1.02. The molecule has 0 aliphatic rings. The molecule has 1 aromatic carbocycles. The van der Waals surface area contributed by atoms with E-state index in [9.17, 15) is 13.2 Å². The standard InChI is InChI=1S/C17H22N2O5S.ClH/c1-19(17(20)13-10-15(11-18)24-12-13)8-3-9-23-14-4-6-16(7-5-14)25(2,21)22;/h4-7,10,12H,3,8-9,11,18H2,1-2H3;1H. The van der Waals surface area contributed by atoms with E-state index in [0.717, 1.165) is 6.26 Å². The van der Waals surface area contributed by atoms with Gasteiger partial charge in [-0.05, 0) is 36.8 Å². The Labute approximate surface area is 159 Å². The van der Waals surface area contributed by atoms with Gasteiger partial charge in [0.1, 0.15) is 17.8 Å². The zero-order valence-corrected chi connectivity index (χ0v) is 16.3. The van der Waals surface area contributed by atoms with Crippen LogP contribution in [0.5, 0.6) is 5.75 Å². The molecule has 2 aromatic rings. The van der Waals surface area contributed by atoms with Crippen LogP contribution in [0.4, 0.5) is 0 Å². The van der Waals surface area contributed by atoms with Crippen LogP contribution in [0.25, 0.3) is 0 Å². The minimum Gasteiger partial charge on any atom is -0.494 e. The summed E-state index contributed by atoms with van der Waals surface area (Å²) in [6.45, 7) is 1.18. The number of sulfone groups is 1. The predicted octanol–water partition coefficient (Wildman–Crippen LogP) is 2.10. The highest BCUT2D eigenvalue weighted by Gasteiger charge is 2.14. The van der Waals surface area contributed by atoms with E-state index in [1.54, 1.807) is 30.1 Å². The molecule has 2 N–H and O–H groups in total. The minimum atomic E-state index is -3.21. The molecule has 1 amide bonds. The lowest BCUT2D eigenvalue weighted by molar-refractivity contribution is 0.0787. The van der Waals surface area contributed by atoms with Crippen LogP contribution in [0.3, 0.4) is 0 Å². The number of carbonyl (C=O) groups excluding carboxylic acids is 1. The van der Waals surface area contributed by atoms with E-state index in [4.69, 9.17) is 14.9 Å². The Morgan fingerprint density at radius 3 is 2.46 bits per heavy atom. The van der Waals surface area contributed by atoms with Crippen molar-refractivity contribution >= 4 is 28.2 Å². The number of ether oxygens (including phenoxy) is 1. The number of hydrogen-bond donors (Lipinski definition) is 1. The van der Waals surface area contributed by atoms with E-state index in [-0.39, 0.29) is 29.8 Å². The van der Waals surface area contributed by atoms with E-state index in [1.165, 1.54) is 18.4 Å². The fourth-order valence-electron chi connectivity index (χ4n) is 2.20. The van der Waals surface area contributed by atoms with E-state index < -0.39 is 9.84 Å². The molecule has 0 unspecified atom stereocenters. The zero-order chi connectivity index (χ0) is 18.4. The lowest BCUT2D eigenvalue weighted by Crippen LogP contribution is -2.28. The lowest BCUT2D eigenvalue weighted by Gasteiger charge is -2.16. The van der Waals surface area contributed by atoms with Gasteiger partial charge in [0.15, 0.2) is 9.84 Å². The molecule has 0 bridgehead atoms. The van der Waals surface area contributed by atoms with Crippen LogP contribution in [0.15, 0.2) is 45.9 Å². The van der Waals surface area contributed by atoms with E-state index in [1.807, 2.05) is 0 Å². The van der Waals surface area contributed by atoms with Gasteiger partial charge in [0.2, 0.25) is 0 Å². The molecular formula is C17H23ClN2O5S. The van der Waals surface area contributed by atoms with Crippen LogP contribution in [0.1, 0.15) is 22.5 Å². The van der Waals surface area contributed by atoms with Gasteiger partial charge in [-0.2, -0.15) is 0 Å². The van der Waals surface area contributed by atoms with Crippen LogP contribution in [-0.2, 0) is 16.4 Å². The third kappa shape index (κ3) is 6.05. The van der Waals surface area contributed by atoms with Gasteiger partial charge in [0.05, 0.1) is 23.6 Å². The number of benzene rings is 1. The maximum absolute atomic E-state index is 12.2. The summed E-state index contributed by atoms with van der Waals surface area (Å²) in [6, 6.07) is 7.89. The molecule has 1 aromatic heterocycles. The third-order valence-electron chi connectivity index (χ3n) is 3.61. The van der Waals surface area contributed by atoms with Crippen LogP contribution < -0.4 is 10.5 Å². The SMILES string of the molecule is CN(CCCOc1ccc(S(C)(=O)=O)cc1)C(=O)c1coc(CN)c1.Cl. The highest BCUT2D eigenvalue weighted by molar-refractivity contribution is 7.90. The third-order valence-corrected chi connectivity index (χ3v) is 4.74. The van der Waals surface area contributed by atoms with Gasteiger partial charge in [0, 0.05) is 19.8 Å². The summed E-state index contributed by atoms with van der Waals surface area (Å²) in [5.41, 5.74) is 5.93. The fraction of sp³-hybridized carbons (Fsp3) is 0.353. The molecule has 1 heterocycles. The predicted molar refractivity (Wildman–Crippen MR) is 100 cm³/mol. The van der Waals surface area contributed by atoms with Crippen LogP contribution in [0.2, 0.25) is 0 Å². The molecule has 144 valence electrons. The molecule has 0 saturated heterocycles. The van der Waals surface area contributed by atoms with Gasteiger partial charge in [0.25, 0.3) is 5.91 Å². The number of rotatable bonds is 8. The first kappa shape index (κ1) is 22.0. The van der Waals surface area contributed by atoms with Gasteiger partial charge in [-0.1, -0.05) is 0 Å². The second-order valence-corrected chi connectivity index (χ2v) is 7.69. The van der Waals surface area contributed by atoms with Crippen molar-refractivity contribution in [1.82, 2.24) is 4.90 Å². The van der Waals surface area contributed by atoms with Crippen molar-refractivity contribution in [2.75, 3.05) is 26.5 Å². The van der Waals surface area contributed by atoms with Crippen LogP contribution >= 0.6 is 12.4 Å². The summed E-state index contributed by atoms with van der Waals surface area (Å²) >= 11 is 0. The molecule has 0 spiro atoms. The molecule has 9 heteroatoms. The number of amides is 1. The number of nitrogens with zero attached hydrogens (tertiary/aromatic N) is 1. The van der Waals surface area contributed by atoms with Crippen LogP contribution in [-0.4, -0.2) is 45.7 Å². The summed E-state index contributed by atoms with van der Waals surface area (Å²) in [7, 11) is -1.50. The lowest BCUT2D eigenvalue weighted by atomic mass is 10.2. The molecule has 7 nitrogen and oxygen atoms in total. The van der Waals surface area contributed by atoms with Gasteiger partial charge in [-0.3, -0.25) is 4.79 Å². The molecule has 0 aliphatic heterocycles. The van der Waals surface area contributed by atoms with Crippen molar-refractivity contribution in [3.8, 4) is 5.75 Å². The second kappa shape index (κ2) is 9.61. The number of furan rings is 1. The Morgan fingerprint density at radius 2 is 1.92 bits per heavy atom. The number of nitrogens with two attached hydrogens (primary N) is 1. The van der Waals surface area contributed by atoms with Crippen LogP contribution in [0, 0.1) is 0 Å². The smallest absolute Gasteiger partial charge is 0.256 e. The maximum atomic E-state index is 12.2. The highest BCUT2D eigenvalue weighted by Crippen LogP contribution is 2.16. The Balaban J connectivity index is 0.00000338. The maximum Gasteiger partial charge on any atom is 0.256 e. The van der Waals surface area contributed by atoms with E-state index >= 15 is 0 Å². The Kier molecular flexibility index (Phi) is 8.13. The van der Waals surface area contributed by atoms with Crippen molar-refractivity contribution in [3.05, 3.63) is 47.9 Å². The average molecular weight is 403 g/mol. The summed E-state index contributed by atoms with van der Waals surface area (Å²) in [6.07, 6.45) is 3.20. The Hall–Kier alpha value is -2.03. The molecule has 26 heavy (non-hydrogen) atoms.